The number of carbonyl (C=O) groups is 2. The molecule has 2 aromatic carbocycles. The van der Waals surface area contributed by atoms with E-state index in [1.54, 1.807) is 25.1 Å². The van der Waals surface area contributed by atoms with Crippen molar-refractivity contribution in [2.75, 3.05) is 37.0 Å². The smallest absolute Gasteiger partial charge is 0.264 e. The van der Waals surface area contributed by atoms with Crippen molar-refractivity contribution in [3.05, 3.63) is 53.6 Å². The van der Waals surface area contributed by atoms with Gasteiger partial charge in [0.1, 0.15) is 0 Å². The summed E-state index contributed by atoms with van der Waals surface area (Å²) in [6.07, 6.45) is 11.0. The summed E-state index contributed by atoms with van der Waals surface area (Å²) < 4.78 is 28.3. The molecule has 0 aliphatic heterocycles. The van der Waals surface area contributed by atoms with Gasteiger partial charge >= 0.3 is 0 Å². The second-order valence-corrected chi connectivity index (χ2v) is 15.5. The lowest BCUT2D eigenvalue weighted by molar-refractivity contribution is -0.120. The second kappa shape index (κ2) is 16.0. The number of nitrogens with one attached hydrogen (secondary N) is 2. The Hall–Kier alpha value is -3.07. The molecule has 0 bridgehead atoms. The Balaban J connectivity index is 1.54. The molecule has 8 nitrogen and oxygen atoms in total. The Morgan fingerprint density at radius 2 is 1.56 bits per heavy atom. The topological polar surface area (TPSA) is 98.8 Å². The van der Waals surface area contributed by atoms with Gasteiger partial charge in [0.25, 0.3) is 15.9 Å². The molecule has 2 saturated carbocycles. The Morgan fingerprint density at radius 1 is 0.889 bits per heavy atom. The maximum Gasteiger partial charge on any atom is 0.264 e. The molecule has 0 radical (unpaired) electrons. The second-order valence-electron chi connectivity index (χ2n) is 13.8. The molecule has 2 N–H and O–H groups in total. The number of sulfonamides is 1. The first kappa shape index (κ1) is 34.8. The number of hydrogen-bond acceptors (Lipinski definition) is 6. The standard InChI is InChI=1S/C36H54N4O4S/c1-26(2)21-22-39(4)32-20-19-30(23-33(32)40(5)25-28-14-10-11-15-28)36(42)37-31(29-16-7-6-8-17-29)24-35(41)38-45(43,44)34-18-12-9-13-27(34)3/h9,12-13,18-20,23,26,28-29,31H,6-8,10-11,14-17,21-22,24-25H2,1-5H3,(H,37,42)(H,38,41). The van der Waals surface area contributed by atoms with E-state index in [9.17, 15) is 18.0 Å². The summed E-state index contributed by atoms with van der Waals surface area (Å²) in [5.41, 5.74) is 3.27. The van der Waals surface area contributed by atoms with Gasteiger partial charge in [-0.05, 0) is 86.6 Å². The number of aryl methyl sites for hydroxylation is 1. The zero-order valence-electron chi connectivity index (χ0n) is 28.0. The third kappa shape index (κ3) is 9.71. The zero-order chi connectivity index (χ0) is 32.6. The normalized spacial score (nSPS) is 16.8. The molecule has 4 rings (SSSR count). The van der Waals surface area contributed by atoms with Gasteiger partial charge in [-0.1, -0.05) is 64.2 Å². The highest BCUT2D eigenvalue weighted by Crippen LogP contribution is 2.34. The van der Waals surface area contributed by atoms with Gasteiger partial charge in [-0.3, -0.25) is 9.59 Å². The van der Waals surface area contributed by atoms with E-state index >= 15 is 0 Å². The molecule has 0 saturated heterocycles. The molecule has 9 heteroatoms. The van der Waals surface area contributed by atoms with Gasteiger partial charge in [-0.15, -0.1) is 0 Å². The highest BCUT2D eigenvalue weighted by molar-refractivity contribution is 7.90. The predicted molar refractivity (Wildman–Crippen MR) is 183 cm³/mol. The molecular formula is C36H54N4O4S. The zero-order valence-corrected chi connectivity index (χ0v) is 28.8. The van der Waals surface area contributed by atoms with Crippen LogP contribution < -0.4 is 19.8 Å². The van der Waals surface area contributed by atoms with E-state index in [0.29, 0.717) is 23.0 Å². The number of anilines is 2. The lowest BCUT2D eigenvalue weighted by Gasteiger charge is -2.32. The number of carbonyl (C=O) groups excluding carboxylic acids is 2. The van der Waals surface area contributed by atoms with Gasteiger partial charge in [0, 0.05) is 45.2 Å². The molecule has 2 fully saturated rings. The summed E-state index contributed by atoms with van der Waals surface area (Å²) >= 11 is 0. The van der Waals surface area contributed by atoms with Crippen LogP contribution >= 0.6 is 0 Å². The number of hydrogen-bond donors (Lipinski definition) is 2. The van der Waals surface area contributed by atoms with Gasteiger partial charge in [-0.2, -0.15) is 0 Å². The van der Waals surface area contributed by atoms with Gasteiger partial charge in [0.2, 0.25) is 5.91 Å². The minimum Gasteiger partial charge on any atom is -0.373 e. The van der Waals surface area contributed by atoms with Crippen molar-refractivity contribution in [3.8, 4) is 0 Å². The number of rotatable bonds is 14. The minimum absolute atomic E-state index is 0.0873. The van der Waals surface area contributed by atoms with Crippen LogP contribution in [0.4, 0.5) is 11.4 Å². The van der Waals surface area contributed by atoms with E-state index in [-0.39, 0.29) is 23.1 Å². The molecule has 0 heterocycles. The molecule has 2 aliphatic carbocycles. The van der Waals surface area contributed by atoms with E-state index in [1.807, 2.05) is 18.2 Å². The molecule has 248 valence electrons. The van der Waals surface area contributed by atoms with Crippen LogP contribution in [-0.2, 0) is 14.8 Å². The number of amides is 2. The van der Waals surface area contributed by atoms with Crippen molar-refractivity contribution in [1.82, 2.24) is 10.0 Å². The van der Waals surface area contributed by atoms with Crippen LogP contribution in [0.3, 0.4) is 0 Å². The van der Waals surface area contributed by atoms with Crippen LogP contribution in [0.1, 0.15) is 100 Å². The van der Waals surface area contributed by atoms with Crippen LogP contribution in [0.25, 0.3) is 0 Å². The largest absolute Gasteiger partial charge is 0.373 e. The molecule has 0 aromatic heterocycles. The Morgan fingerprint density at radius 3 is 2.22 bits per heavy atom. The molecule has 2 amide bonds. The van der Waals surface area contributed by atoms with Crippen molar-refractivity contribution < 1.29 is 18.0 Å². The first-order valence-corrected chi connectivity index (χ1v) is 18.4. The molecule has 2 aromatic rings. The van der Waals surface area contributed by atoms with E-state index < -0.39 is 22.0 Å². The van der Waals surface area contributed by atoms with Crippen LogP contribution in [0, 0.1) is 24.7 Å². The fourth-order valence-corrected chi connectivity index (χ4v) is 8.21. The quantitative estimate of drug-likeness (QED) is 0.240. The Bertz CT molecular complexity index is 1400. The van der Waals surface area contributed by atoms with E-state index in [4.69, 9.17) is 0 Å². The van der Waals surface area contributed by atoms with Gasteiger partial charge < -0.3 is 15.1 Å². The van der Waals surface area contributed by atoms with Crippen LogP contribution in [0.2, 0.25) is 0 Å². The number of benzene rings is 2. The van der Waals surface area contributed by atoms with Crippen molar-refractivity contribution >= 4 is 33.2 Å². The molecule has 1 unspecified atom stereocenters. The van der Waals surface area contributed by atoms with Crippen molar-refractivity contribution in [2.24, 2.45) is 17.8 Å². The maximum atomic E-state index is 13.9. The lowest BCUT2D eigenvalue weighted by atomic mass is 9.82. The summed E-state index contributed by atoms with van der Waals surface area (Å²) in [7, 11) is 0.224. The SMILES string of the molecule is Cc1ccccc1S(=O)(=O)NC(=O)CC(NC(=O)c1ccc(N(C)CCC(C)C)c(N(C)CC2CCCC2)c1)C1CCCCC1. The van der Waals surface area contributed by atoms with Crippen LogP contribution in [0.15, 0.2) is 47.4 Å². The lowest BCUT2D eigenvalue weighted by Crippen LogP contribution is -2.45. The predicted octanol–water partition coefficient (Wildman–Crippen LogP) is 6.68. The highest BCUT2D eigenvalue weighted by atomic mass is 32.2. The van der Waals surface area contributed by atoms with E-state index in [1.165, 1.54) is 31.7 Å². The van der Waals surface area contributed by atoms with Crippen molar-refractivity contribution in [2.45, 2.75) is 102 Å². The van der Waals surface area contributed by atoms with Crippen molar-refractivity contribution in [1.29, 1.82) is 0 Å². The average molecular weight is 639 g/mol. The van der Waals surface area contributed by atoms with Gasteiger partial charge in [0.15, 0.2) is 0 Å². The van der Waals surface area contributed by atoms with Crippen molar-refractivity contribution in [3.63, 3.8) is 0 Å². The summed E-state index contributed by atoms with van der Waals surface area (Å²) in [6.45, 7) is 8.05. The van der Waals surface area contributed by atoms with E-state index in [2.05, 4.69) is 47.8 Å². The van der Waals surface area contributed by atoms with Gasteiger partial charge in [-0.25, -0.2) is 13.1 Å². The summed E-state index contributed by atoms with van der Waals surface area (Å²) in [4.78, 5) is 31.7. The fraction of sp³-hybridized carbons (Fsp3) is 0.611. The molecule has 1 atom stereocenters. The third-order valence-electron chi connectivity index (χ3n) is 9.68. The first-order valence-electron chi connectivity index (χ1n) is 16.9. The average Bonchev–Trinajstić information content (AvgIpc) is 3.52. The maximum absolute atomic E-state index is 13.9. The summed E-state index contributed by atoms with van der Waals surface area (Å²) in [5, 5.41) is 3.17. The third-order valence-corrected chi connectivity index (χ3v) is 11.2. The van der Waals surface area contributed by atoms with Crippen LogP contribution in [-0.4, -0.2) is 53.5 Å². The van der Waals surface area contributed by atoms with Crippen LogP contribution in [0.5, 0.6) is 0 Å². The Kier molecular flexibility index (Phi) is 12.3. The Labute approximate surface area is 271 Å². The molecule has 45 heavy (non-hydrogen) atoms. The molecule has 2 aliphatic rings. The highest BCUT2D eigenvalue weighted by Gasteiger charge is 2.30. The first-order chi connectivity index (χ1) is 21.4. The number of nitrogens with zero attached hydrogens (tertiary/aromatic N) is 2. The summed E-state index contributed by atoms with van der Waals surface area (Å²) in [5.74, 6) is 0.532. The molecule has 0 spiro atoms. The van der Waals surface area contributed by atoms with Gasteiger partial charge in [0.05, 0.1) is 16.3 Å². The summed E-state index contributed by atoms with van der Waals surface area (Å²) in [6, 6.07) is 12.1. The fourth-order valence-electron chi connectivity index (χ4n) is 6.97. The monoisotopic (exact) mass is 638 g/mol. The molecular weight excluding hydrogens is 584 g/mol. The van der Waals surface area contributed by atoms with E-state index in [0.717, 1.165) is 63.0 Å². The minimum atomic E-state index is -4.02.